The van der Waals surface area contributed by atoms with Crippen LogP contribution in [0.5, 0.6) is 0 Å². The van der Waals surface area contributed by atoms with E-state index in [0.29, 0.717) is 13.0 Å². The van der Waals surface area contributed by atoms with Gasteiger partial charge in [-0.2, -0.15) is 0 Å². The Balaban J connectivity index is 3.16. The predicted octanol–water partition coefficient (Wildman–Crippen LogP) is -0.430. The second-order valence-corrected chi connectivity index (χ2v) is 2.29. The summed E-state index contributed by atoms with van der Waals surface area (Å²) in [6.07, 6.45) is -0.815. The van der Waals surface area contributed by atoms with Gasteiger partial charge < -0.3 is 20.3 Å². The zero-order chi connectivity index (χ0) is 10.1. The molecule has 0 fully saturated rings. The summed E-state index contributed by atoms with van der Waals surface area (Å²) in [5, 5.41) is 18.9. The second-order valence-electron chi connectivity index (χ2n) is 2.29. The zero-order valence-corrected chi connectivity index (χ0v) is 7.15. The topological polar surface area (TPSA) is 95.9 Å². The minimum Gasteiger partial charge on any atom is -0.450 e. The van der Waals surface area contributed by atoms with Gasteiger partial charge in [0.15, 0.2) is 0 Å². The first-order valence-corrected chi connectivity index (χ1v) is 3.90. The van der Waals surface area contributed by atoms with E-state index in [1.807, 2.05) is 0 Å². The van der Waals surface area contributed by atoms with Crippen molar-refractivity contribution < 1.29 is 24.5 Å². The normalized spacial score (nSPS) is 9.31. The Kier molecular flexibility index (Phi) is 6.62. The van der Waals surface area contributed by atoms with Crippen molar-refractivity contribution in [1.82, 2.24) is 5.32 Å². The van der Waals surface area contributed by atoms with E-state index in [1.54, 1.807) is 0 Å². The van der Waals surface area contributed by atoms with Crippen molar-refractivity contribution >= 4 is 12.1 Å². The number of hydrogen-bond acceptors (Lipinski definition) is 4. The molecule has 13 heavy (non-hydrogen) atoms. The standard InChI is InChI=1S/C7H13NO5/c9-4-2-6(10)8-3-1-5-13-7(11)12/h9H,1-5H2,(H,8,10)(H,11,12). The number of hydrogen-bond donors (Lipinski definition) is 3. The Labute approximate surface area is 75.5 Å². The number of carboxylic acid groups (broad SMARTS) is 1. The molecule has 0 atom stereocenters. The third-order valence-electron chi connectivity index (χ3n) is 1.21. The summed E-state index contributed by atoms with van der Waals surface area (Å²) in [6, 6.07) is 0. The molecule has 0 bridgehead atoms. The highest BCUT2D eigenvalue weighted by molar-refractivity contribution is 5.75. The van der Waals surface area contributed by atoms with Gasteiger partial charge >= 0.3 is 6.16 Å². The van der Waals surface area contributed by atoms with Gasteiger partial charge in [-0.15, -0.1) is 0 Å². The van der Waals surface area contributed by atoms with Crippen LogP contribution in [0.15, 0.2) is 0 Å². The van der Waals surface area contributed by atoms with Crippen molar-refractivity contribution in [2.45, 2.75) is 12.8 Å². The Morgan fingerprint density at radius 2 is 2.08 bits per heavy atom. The maximum atomic E-state index is 10.7. The van der Waals surface area contributed by atoms with Crippen molar-refractivity contribution in [1.29, 1.82) is 0 Å². The van der Waals surface area contributed by atoms with Crippen LogP contribution < -0.4 is 5.32 Å². The fourth-order valence-electron chi connectivity index (χ4n) is 0.649. The zero-order valence-electron chi connectivity index (χ0n) is 7.15. The van der Waals surface area contributed by atoms with Gasteiger partial charge in [-0.3, -0.25) is 4.79 Å². The van der Waals surface area contributed by atoms with Crippen LogP contribution in [0.2, 0.25) is 0 Å². The minimum atomic E-state index is -1.32. The van der Waals surface area contributed by atoms with Crippen LogP contribution in [0, 0.1) is 0 Å². The lowest BCUT2D eigenvalue weighted by molar-refractivity contribution is -0.121. The van der Waals surface area contributed by atoms with Crippen LogP contribution in [0.1, 0.15) is 12.8 Å². The highest BCUT2D eigenvalue weighted by atomic mass is 16.7. The van der Waals surface area contributed by atoms with Crippen LogP contribution >= 0.6 is 0 Å². The molecule has 3 N–H and O–H groups in total. The third kappa shape index (κ3) is 8.61. The number of nitrogens with one attached hydrogen (secondary N) is 1. The maximum Gasteiger partial charge on any atom is 0.505 e. The molecule has 0 unspecified atom stereocenters. The summed E-state index contributed by atoms with van der Waals surface area (Å²) in [5.74, 6) is -0.252. The van der Waals surface area contributed by atoms with Crippen LogP contribution in [-0.2, 0) is 9.53 Å². The molecule has 0 spiro atoms. The summed E-state index contributed by atoms with van der Waals surface area (Å²) in [4.78, 5) is 20.6. The van der Waals surface area contributed by atoms with E-state index in [0.717, 1.165) is 0 Å². The second kappa shape index (κ2) is 7.35. The maximum absolute atomic E-state index is 10.7. The van der Waals surface area contributed by atoms with Gasteiger partial charge in [0, 0.05) is 13.0 Å². The first-order valence-electron chi connectivity index (χ1n) is 3.90. The van der Waals surface area contributed by atoms with Gasteiger partial charge in [-0.1, -0.05) is 0 Å². The number of aliphatic hydroxyl groups excluding tert-OH is 1. The lowest BCUT2D eigenvalue weighted by Crippen LogP contribution is -2.25. The quantitative estimate of drug-likeness (QED) is 0.391. The van der Waals surface area contributed by atoms with Gasteiger partial charge in [0.2, 0.25) is 5.91 Å². The van der Waals surface area contributed by atoms with E-state index < -0.39 is 6.16 Å². The summed E-state index contributed by atoms with van der Waals surface area (Å²) < 4.78 is 4.20. The van der Waals surface area contributed by atoms with Gasteiger partial charge in [-0.25, -0.2) is 4.79 Å². The van der Waals surface area contributed by atoms with Crippen molar-refractivity contribution in [2.24, 2.45) is 0 Å². The fourth-order valence-corrected chi connectivity index (χ4v) is 0.649. The molecular weight excluding hydrogens is 178 g/mol. The molecule has 0 aliphatic carbocycles. The average molecular weight is 191 g/mol. The third-order valence-corrected chi connectivity index (χ3v) is 1.21. The summed E-state index contributed by atoms with van der Waals surface area (Å²) in [6.45, 7) is 0.234. The number of ether oxygens (including phenoxy) is 1. The van der Waals surface area contributed by atoms with Crippen molar-refractivity contribution in [2.75, 3.05) is 19.8 Å². The van der Waals surface area contributed by atoms with Crippen molar-refractivity contribution in [3.63, 3.8) is 0 Å². The lowest BCUT2D eigenvalue weighted by atomic mass is 10.4. The van der Waals surface area contributed by atoms with Crippen LogP contribution in [0.3, 0.4) is 0 Å². The molecule has 0 saturated heterocycles. The largest absolute Gasteiger partial charge is 0.505 e. The molecule has 6 heteroatoms. The molecule has 0 saturated carbocycles. The molecule has 1 amide bonds. The van der Waals surface area contributed by atoms with Crippen LogP contribution in [-0.4, -0.2) is 42.0 Å². The van der Waals surface area contributed by atoms with Gasteiger partial charge in [-0.05, 0) is 6.42 Å². The number of carbonyl (C=O) groups is 2. The summed E-state index contributed by atoms with van der Waals surface area (Å²) in [5.41, 5.74) is 0. The summed E-state index contributed by atoms with van der Waals surface area (Å²) >= 11 is 0. The van der Waals surface area contributed by atoms with E-state index in [1.165, 1.54) is 0 Å². The van der Waals surface area contributed by atoms with Crippen molar-refractivity contribution in [3.05, 3.63) is 0 Å². The smallest absolute Gasteiger partial charge is 0.450 e. The number of aliphatic hydroxyl groups is 1. The van der Waals surface area contributed by atoms with Gasteiger partial charge in [0.05, 0.1) is 13.2 Å². The van der Waals surface area contributed by atoms with E-state index >= 15 is 0 Å². The summed E-state index contributed by atoms with van der Waals surface area (Å²) in [7, 11) is 0. The molecule has 0 aliphatic heterocycles. The first kappa shape index (κ1) is 11.7. The molecule has 0 aromatic rings. The average Bonchev–Trinajstić information content (AvgIpc) is 2.03. The van der Waals surface area contributed by atoms with E-state index in [2.05, 4.69) is 10.1 Å². The number of rotatable bonds is 6. The molecule has 0 aromatic heterocycles. The molecule has 0 rings (SSSR count). The monoisotopic (exact) mass is 191 g/mol. The lowest BCUT2D eigenvalue weighted by Gasteiger charge is -2.03. The molecule has 76 valence electrons. The fraction of sp³-hybridized carbons (Fsp3) is 0.714. The first-order chi connectivity index (χ1) is 6.16. The van der Waals surface area contributed by atoms with E-state index in [9.17, 15) is 9.59 Å². The number of amides is 1. The molecular formula is C7H13NO5. The van der Waals surface area contributed by atoms with E-state index in [4.69, 9.17) is 10.2 Å². The number of carbonyl (C=O) groups excluding carboxylic acids is 1. The Hall–Kier alpha value is -1.30. The van der Waals surface area contributed by atoms with Crippen molar-refractivity contribution in [3.8, 4) is 0 Å². The predicted molar refractivity (Wildman–Crippen MR) is 43.3 cm³/mol. The minimum absolute atomic E-state index is 0.0642. The molecule has 0 heterocycles. The SMILES string of the molecule is O=C(CCO)NCCCOC(=O)O. The Morgan fingerprint density at radius 1 is 1.38 bits per heavy atom. The Bertz CT molecular complexity index is 170. The van der Waals surface area contributed by atoms with Crippen LogP contribution in [0.4, 0.5) is 4.79 Å². The van der Waals surface area contributed by atoms with Gasteiger partial charge in [0.1, 0.15) is 0 Å². The molecule has 0 aliphatic rings. The van der Waals surface area contributed by atoms with Gasteiger partial charge in [0.25, 0.3) is 0 Å². The van der Waals surface area contributed by atoms with E-state index in [-0.39, 0.29) is 25.5 Å². The highest BCUT2D eigenvalue weighted by Crippen LogP contribution is 1.83. The highest BCUT2D eigenvalue weighted by Gasteiger charge is 1.99. The molecule has 6 nitrogen and oxygen atoms in total. The molecule has 0 radical (unpaired) electrons. The molecule has 0 aromatic carbocycles. The Morgan fingerprint density at radius 3 is 2.62 bits per heavy atom. The van der Waals surface area contributed by atoms with Crippen LogP contribution in [0.25, 0.3) is 0 Å².